The van der Waals surface area contributed by atoms with Crippen LogP contribution in [0.2, 0.25) is 0 Å². The molecule has 0 N–H and O–H groups in total. The van der Waals surface area contributed by atoms with Gasteiger partial charge in [0, 0.05) is 44.2 Å². The number of aryl methyl sites for hydroxylation is 1. The van der Waals surface area contributed by atoms with E-state index in [4.69, 9.17) is 4.74 Å². The fraction of sp³-hybridized carbons (Fsp3) is 0.455. The van der Waals surface area contributed by atoms with Crippen LogP contribution in [-0.2, 0) is 4.74 Å². The first-order valence-electron chi connectivity index (χ1n) is 9.61. The van der Waals surface area contributed by atoms with Crippen LogP contribution < -0.4 is 0 Å². The van der Waals surface area contributed by atoms with E-state index >= 15 is 0 Å². The van der Waals surface area contributed by atoms with Gasteiger partial charge in [-0.15, -0.1) is 0 Å². The maximum absolute atomic E-state index is 13.3. The number of pyridine rings is 1. The van der Waals surface area contributed by atoms with Crippen molar-refractivity contribution in [3.8, 4) is 11.1 Å². The summed E-state index contributed by atoms with van der Waals surface area (Å²) in [5.41, 5.74) is 3.98. The Labute approximate surface area is 162 Å². The van der Waals surface area contributed by atoms with Gasteiger partial charge in [0.05, 0.1) is 6.10 Å². The minimum atomic E-state index is 0.0703. The maximum atomic E-state index is 13.3. The number of nitrogens with zero attached hydrogens (tertiary/aromatic N) is 3. The van der Waals surface area contributed by atoms with Gasteiger partial charge in [-0.1, -0.05) is 12.1 Å². The highest BCUT2D eigenvalue weighted by Gasteiger charge is 2.23. The predicted molar refractivity (Wildman–Crippen MR) is 108 cm³/mol. The van der Waals surface area contributed by atoms with E-state index in [1.54, 1.807) is 6.20 Å². The van der Waals surface area contributed by atoms with Gasteiger partial charge in [-0.05, 0) is 68.8 Å². The number of hydrogen-bond donors (Lipinski definition) is 0. The molecule has 0 unspecified atom stereocenters. The van der Waals surface area contributed by atoms with E-state index in [-0.39, 0.29) is 12.0 Å². The molecular formula is C22H29N3O2. The number of carbonyl (C=O) groups excluding carboxylic acids is 1. The number of ether oxygens (including phenoxy) is 1. The molecule has 2 heterocycles. The van der Waals surface area contributed by atoms with Gasteiger partial charge < -0.3 is 14.5 Å². The zero-order valence-electron chi connectivity index (χ0n) is 16.5. The summed E-state index contributed by atoms with van der Waals surface area (Å²) in [7, 11) is 4.06. The Morgan fingerprint density at radius 3 is 2.81 bits per heavy atom. The molecule has 1 amide bonds. The highest BCUT2D eigenvalue weighted by atomic mass is 16.5. The van der Waals surface area contributed by atoms with Crippen molar-refractivity contribution >= 4 is 5.91 Å². The normalized spacial score (nSPS) is 16.7. The van der Waals surface area contributed by atoms with Gasteiger partial charge in [0.15, 0.2) is 0 Å². The minimum Gasteiger partial charge on any atom is -0.376 e. The molecule has 0 saturated carbocycles. The van der Waals surface area contributed by atoms with Crippen molar-refractivity contribution in [1.82, 2.24) is 14.8 Å². The van der Waals surface area contributed by atoms with Crippen LogP contribution in [0.5, 0.6) is 0 Å². The predicted octanol–water partition coefficient (Wildman–Crippen LogP) is 3.24. The van der Waals surface area contributed by atoms with E-state index in [1.807, 2.05) is 62.4 Å². The summed E-state index contributed by atoms with van der Waals surface area (Å²) < 4.78 is 5.77. The Kier molecular flexibility index (Phi) is 6.58. The largest absolute Gasteiger partial charge is 0.376 e. The highest BCUT2D eigenvalue weighted by Crippen LogP contribution is 2.24. The molecule has 0 aliphatic carbocycles. The monoisotopic (exact) mass is 367 g/mol. The van der Waals surface area contributed by atoms with Gasteiger partial charge in [-0.2, -0.15) is 0 Å². The Morgan fingerprint density at radius 1 is 1.26 bits per heavy atom. The molecule has 5 nitrogen and oxygen atoms in total. The van der Waals surface area contributed by atoms with Crippen molar-refractivity contribution in [1.29, 1.82) is 0 Å². The topological polar surface area (TPSA) is 45.7 Å². The van der Waals surface area contributed by atoms with E-state index in [2.05, 4.69) is 9.88 Å². The van der Waals surface area contributed by atoms with Crippen LogP contribution >= 0.6 is 0 Å². The van der Waals surface area contributed by atoms with E-state index in [0.717, 1.165) is 48.2 Å². The minimum absolute atomic E-state index is 0.0703. The lowest BCUT2D eigenvalue weighted by molar-refractivity contribution is 0.0512. The van der Waals surface area contributed by atoms with Crippen molar-refractivity contribution in [2.45, 2.75) is 25.9 Å². The van der Waals surface area contributed by atoms with Crippen LogP contribution in [0.3, 0.4) is 0 Å². The second-order valence-electron chi connectivity index (χ2n) is 7.46. The third kappa shape index (κ3) is 5.15. The zero-order chi connectivity index (χ0) is 19.2. The number of aromatic nitrogens is 1. The Bertz CT molecular complexity index is 770. The third-order valence-corrected chi connectivity index (χ3v) is 4.99. The van der Waals surface area contributed by atoms with Crippen LogP contribution in [0, 0.1) is 6.92 Å². The molecular weight excluding hydrogens is 338 g/mol. The molecule has 1 aromatic carbocycles. The average Bonchev–Trinajstić information content (AvgIpc) is 3.18. The molecule has 3 rings (SSSR count). The molecule has 144 valence electrons. The molecule has 1 aliphatic heterocycles. The summed E-state index contributed by atoms with van der Waals surface area (Å²) in [5, 5.41) is 0. The molecule has 2 aromatic rings. The van der Waals surface area contributed by atoms with Gasteiger partial charge in [-0.3, -0.25) is 9.78 Å². The summed E-state index contributed by atoms with van der Waals surface area (Å²) in [4.78, 5) is 21.5. The first-order chi connectivity index (χ1) is 13.0. The van der Waals surface area contributed by atoms with Crippen LogP contribution in [0.1, 0.15) is 28.8 Å². The van der Waals surface area contributed by atoms with Crippen LogP contribution in [-0.4, -0.2) is 67.1 Å². The number of likely N-dealkylation sites (N-methyl/N-ethyl adjacent to an activating group) is 1. The van der Waals surface area contributed by atoms with Crippen LogP contribution in [0.4, 0.5) is 0 Å². The second kappa shape index (κ2) is 9.11. The van der Waals surface area contributed by atoms with Gasteiger partial charge in [-0.25, -0.2) is 0 Å². The number of hydrogen-bond acceptors (Lipinski definition) is 4. The van der Waals surface area contributed by atoms with Crippen LogP contribution in [0.15, 0.2) is 42.7 Å². The molecule has 1 aromatic heterocycles. The molecule has 27 heavy (non-hydrogen) atoms. The van der Waals surface area contributed by atoms with Crippen molar-refractivity contribution in [2.75, 3.05) is 40.3 Å². The fourth-order valence-electron chi connectivity index (χ4n) is 3.43. The molecule has 1 atom stereocenters. The van der Waals surface area contributed by atoms with E-state index in [0.29, 0.717) is 13.1 Å². The summed E-state index contributed by atoms with van der Waals surface area (Å²) >= 11 is 0. The summed E-state index contributed by atoms with van der Waals surface area (Å²) in [6.07, 6.45) is 5.91. The van der Waals surface area contributed by atoms with E-state index in [1.165, 1.54) is 0 Å². The Morgan fingerprint density at radius 2 is 2.11 bits per heavy atom. The number of carbonyl (C=O) groups is 1. The smallest absolute Gasteiger partial charge is 0.254 e. The Balaban J connectivity index is 1.82. The number of rotatable bonds is 7. The van der Waals surface area contributed by atoms with Crippen LogP contribution in [0.25, 0.3) is 11.1 Å². The highest BCUT2D eigenvalue weighted by molar-refractivity contribution is 5.95. The average molecular weight is 367 g/mol. The first-order valence-corrected chi connectivity index (χ1v) is 9.61. The van der Waals surface area contributed by atoms with Gasteiger partial charge in [0.2, 0.25) is 0 Å². The van der Waals surface area contributed by atoms with Gasteiger partial charge >= 0.3 is 0 Å². The summed E-state index contributed by atoms with van der Waals surface area (Å²) in [5.74, 6) is 0.0703. The van der Waals surface area contributed by atoms with Crippen molar-refractivity contribution in [3.63, 3.8) is 0 Å². The van der Waals surface area contributed by atoms with Crippen molar-refractivity contribution in [2.24, 2.45) is 0 Å². The first kappa shape index (κ1) is 19.5. The third-order valence-electron chi connectivity index (χ3n) is 4.99. The summed E-state index contributed by atoms with van der Waals surface area (Å²) in [6.45, 7) is 5.03. The van der Waals surface area contributed by atoms with Crippen molar-refractivity contribution < 1.29 is 9.53 Å². The molecule has 0 spiro atoms. The van der Waals surface area contributed by atoms with E-state index < -0.39 is 0 Å². The van der Waals surface area contributed by atoms with E-state index in [9.17, 15) is 4.79 Å². The fourth-order valence-corrected chi connectivity index (χ4v) is 3.43. The maximum Gasteiger partial charge on any atom is 0.254 e. The second-order valence-corrected chi connectivity index (χ2v) is 7.46. The lowest BCUT2D eigenvalue weighted by atomic mass is 10.00. The molecule has 5 heteroatoms. The number of amides is 1. The quantitative estimate of drug-likeness (QED) is 0.754. The standard InChI is InChI=1S/C22H29N3O2/c1-17-15-23-10-9-21(17)18-6-4-7-19(14-18)22(26)25(12-11-24(2)3)16-20-8-5-13-27-20/h4,6-7,9-10,14-15,20H,5,8,11-13,16H2,1-3H3/t20-/m1/s1. The Hall–Kier alpha value is -2.24. The van der Waals surface area contributed by atoms with Gasteiger partial charge in [0.1, 0.15) is 0 Å². The molecule has 1 aliphatic rings. The van der Waals surface area contributed by atoms with Gasteiger partial charge in [0.25, 0.3) is 5.91 Å². The molecule has 0 radical (unpaired) electrons. The SMILES string of the molecule is Cc1cnccc1-c1cccc(C(=O)N(CCN(C)C)C[C@H]2CCCO2)c1. The zero-order valence-corrected chi connectivity index (χ0v) is 16.5. The number of benzene rings is 1. The molecule has 0 bridgehead atoms. The lowest BCUT2D eigenvalue weighted by Gasteiger charge is -2.27. The molecule has 1 saturated heterocycles. The van der Waals surface area contributed by atoms with Crippen molar-refractivity contribution in [3.05, 3.63) is 53.9 Å². The molecule has 1 fully saturated rings. The lowest BCUT2D eigenvalue weighted by Crippen LogP contribution is -2.41. The summed E-state index contributed by atoms with van der Waals surface area (Å²) in [6, 6.07) is 9.89.